The van der Waals surface area contributed by atoms with Crippen LogP contribution in [-0.4, -0.2) is 41.3 Å². The van der Waals surface area contributed by atoms with E-state index < -0.39 is 22.5 Å². The molecule has 0 saturated heterocycles. The van der Waals surface area contributed by atoms with E-state index >= 15 is 0 Å². The molecule has 0 bridgehead atoms. The Balaban J connectivity index is 1.43. The highest BCUT2D eigenvalue weighted by molar-refractivity contribution is 7.92. The Morgan fingerprint density at radius 1 is 0.854 bits per heavy atom. The van der Waals surface area contributed by atoms with Gasteiger partial charge in [-0.2, -0.15) is 5.10 Å². The van der Waals surface area contributed by atoms with Gasteiger partial charge in [0.2, 0.25) is 0 Å². The van der Waals surface area contributed by atoms with Crippen LogP contribution in [0.1, 0.15) is 16.7 Å². The molecule has 0 aliphatic rings. The molecule has 4 aromatic carbocycles. The lowest BCUT2D eigenvalue weighted by Gasteiger charge is -2.25. The van der Waals surface area contributed by atoms with E-state index in [1.165, 1.54) is 50.3 Å². The van der Waals surface area contributed by atoms with Gasteiger partial charge < -0.3 is 14.2 Å². The highest BCUT2D eigenvalue weighted by Gasteiger charge is 2.29. The number of benzene rings is 4. The molecule has 0 unspecified atom stereocenters. The zero-order valence-electron chi connectivity index (χ0n) is 23.0. The van der Waals surface area contributed by atoms with Crippen LogP contribution in [0.4, 0.5) is 5.69 Å². The molecular formula is C31H31N3O6S. The van der Waals surface area contributed by atoms with Crippen molar-refractivity contribution in [2.75, 3.05) is 25.1 Å². The summed E-state index contributed by atoms with van der Waals surface area (Å²) in [6.07, 6.45) is 1.47. The third kappa shape index (κ3) is 7.64. The van der Waals surface area contributed by atoms with Gasteiger partial charge >= 0.3 is 0 Å². The van der Waals surface area contributed by atoms with Gasteiger partial charge in [0.1, 0.15) is 30.4 Å². The minimum atomic E-state index is -4.15. The first-order chi connectivity index (χ1) is 19.8. The average Bonchev–Trinajstić information content (AvgIpc) is 3.00. The van der Waals surface area contributed by atoms with Gasteiger partial charge in [0, 0.05) is 0 Å². The number of hydrogen-bond acceptors (Lipinski definition) is 7. The van der Waals surface area contributed by atoms with Crippen LogP contribution in [0.2, 0.25) is 0 Å². The molecular weight excluding hydrogens is 542 g/mol. The van der Waals surface area contributed by atoms with Crippen molar-refractivity contribution in [2.24, 2.45) is 5.10 Å². The van der Waals surface area contributed by atoms with Crippen LogP contribution in [-0.2, 0) is 21.4 Å². The predicted octanol–water partition coefficient (Wildman–Crippen LogP) is 4.94. The fraction of sp³-hybridized carbons (Fsp3) is 0.161. The number of methoxy groups -OCH3 is 2. The fourth-order valence-electron chi connectivity index (χ4n) is 3.86. The van der Waals surface area contributed by atoms with E-state index in [-0.39, 0.29) is 10.6 Å². The second-order valence-electron chi connectivity index (χ2n) is 9.00. The Bertz CT molecular complexity index is 1590. The van der Waals surface area contributed by atoms with Crippen molar-refractivity contribution in [1.82, 2.24) is 5.43 Å². The van der Waals surface area contributed by atoms with Crippen LogP contribution in [0.25, 0.3) is 0 Å². The van der Waals surface area contributed by atoms with Crippen LogP contribution >= 0.6 is 0 Å². The van der Waals surface area contributed by atoms with Gasteiger partial charge in [-0.1, -0.05) is 42.0 Å². The minimum Gasteiger partial charge on any atom is -0.497 e. The third-order valence-corrected chi connectivity index (χ3v) is 7.87. The number of hydrazone groups is 1. The molecule has 10 heteroatoms. The molecule has 4 rings (SSSR count). The van der Waals surface area contributed by atoms with Crippen molar-refractivity contribution in [2.45, 2.75) is 18.4 Å². The standard InChI is InChI=1S/C31H31N3O6S/c1-23-8-10-25(11-9-23)22-40-27-14-12-24(13-15-27)20-32-33-31(35)21-34(29-6-4-5-7-30(29)39-3)41(36,37)28-18-16-26(38-2)17-19-28/h4-20H,21-22H2,1-3H3,(H,33,35)/b32-20-. The molecule has 0 saturated carbocycles. The van der Waals surface area contributed by atoms with E-state index in [2.05, 4.69) is 10.5 Å². The van der Waals surface area contributed by atoms with Gasteiger partial charge in [-0.3, -0.25) is 9.10 Å². The van der Waals surface area contributed by atoms with Crippen LogP contribution in [0.15, 0.2) is 107 Å². The van der Waals surface area contributed by atoms with E-state index in [1.54, 1.807) is 36.4 Å². The quantitative estimate of drug-likeness (QED) is 0.190. The zero-order chi connectivity index (χ0) is 29.2. The molecule has 0 aliphatic heterocycles. The Morgan fingerprint density at radius 3 is 2.17 bits per heavy atom. The highest BCUT2D eigenvalue weighted by Crippen LogP contribution is 2.32. The van der Waals surface area contributed by atoms with E-state index in [9.17, 15) is 13.2 Å². The summed E-state index contributed by atoms with van der Waals surface area (Å²) in [5.41, 5.74) is 5.61. The monoisotopic (exact) mass is 573 g/mol. The molecule has 1 N–H and O–H groups in total. The second-order valence-corrected chi connectivity index (χ2v) is 10.9. The molecule has 1 amide bonds. The van der Waals surface area contributed by atoms with Crippen molar-refractivity contribution in [3.05, 3.63) is 114 Å². The smallest absolute Gasteiger partial charge is 0.264 e. The minimum absolute atomic E-state index is 0.00908. The van der Waals surface area contributed by atoms with Crippen molar-refractivity contribution >= 4 is 27.8 Å². The number of ether oxygens (including phenoxy) is 3. The maximum atomic E-state index is 13.6. The number of carbonyl (C=O) groups is 1. The van der Waals surface area contributed by atoms with E-state index in [0.717, 1.165) is 15.4 Å². The molecule has 0 atom stereocenters. The molecule has 41 heavy (non-hydrogen) atoms. The lowest BCUT2D eigenvalue weighted by atomic mass is 10.2. The molecule has 9 nitrogen and oxygen atoms in total. The van der Waals surface area contributed by atoms with Crippen LogP contribution in [0, 0.1) is 6.92 Å². The number of nitrogens with zero attached hydrogens (tertiary/aromatic N) is 2. The maximum Gasteiger partial charge on any atom is 0.264 e. The topological polar surface area (TPSA) is 107 Å². The van der Waals surface area contributed by atoms with E-state index in [1.807, 2.05) is 43.3 Å². The van der Waals surface area contributed by atoms with Crippen molar-refractivity contribution < 1.29 is 27.4 Å². The Morgan fingerprint density at radius 2 is 1.51 bits per heavy atom. The number of anilines is 1. The first-order valence-corrected chi connectivity index (χ1v) is 14.1. The van der Waals surface area contributed by atoms with Crippen LogP contribution < -0.4 is 23.9 Å². The van der Waals surface area contributed by atoms with Gasteiger partial charge in [-0.05, 0) is 78.7 Å². The molecule has 0 heterocycles. The van der Waals surface area contributed by atoms with E-state index in [0.29, 0.717) is 23.9 Å². The summed E-state index contributed by atoms with van der Waals surface area (Å²) in [5.74, 6) is 0.863. The largest absolute Gasteiger partial charge is 0.497 e. The number of rotatable bonds is 12. The summed E-state index contributed by atoms with van der Waals surface area (Å²) in [6, 6.07) is 27.8. The highest BCUT2D eigenvalue weighted by atomic mass is 32.2. The predicted molar refractivity (Wildman–Crippen MR) is 158 cm³/mol. The summed E-state index contributed by atoms with van der Waals surface area (Å²) in [4.78, 5) is 12.9. The summed E-state index contributed by atoms with van der Waals surface area (Å²) in [6.45, 7) is 1.96. The van der Waals surface area contributed by atoms with Gasteiger partial charge in [-0.25, -0.2) is 13.8 Å². The third-order valence-electron chi connectivity index (χ3n) is 6.10. The number of aryl methyl sites for hydroxylation is 1. The summed E-state index contributed by atoms with van der Waals surface area (Å²) >= 11 is 0. The van der Waals surface area contributed by atoms with Gasteiger partial charge in [-0.15, -0.1) is 0 Å². The molecule has 4 aromatic rings. The van der Waals surface area contributed by atoms with Crippen LogP contribution in [0.3, 0.4) is 0 Å². The Kier molecular flexibility index (Phi) is 9.60. The number of nitrogens with one attached hydrogen (secondary N) is 1. The lowest BCUT2D eigenvalue weighted by Crippen LogP contribution is -2.39. The zero-order valence-corrected chi connectivity index (χ0v) is 23.8. The molecule has 0 aromatic heterocycles. The maximum absolute atomic E-state index is 13.6. The summed E-state index contributed by atoms with van der Waals surface area (Å²) < 4.78 is 44.6. The number of amides is 1. The number of carbonyl (C=O) groups excluding carboxylic acids is 1. The molecule has 0 radical (unpaired) electrons. The second kappa shape index (κ2) is 13.5. The molecule has 0 spiro atoms. The van der Waals surface area contributed by atoms with Gasteiger partial charge in [0.05, 0.1) is 31.0 Å². The Labute approximate surface area is 240 Å². The molecule has 212 valence electrons. The lowest BCUT2D eigenvalue weighted by molar-refractivity contribution is -0.119. The fourth-order valence-corrected chi connectivity index (χ4v) is 5.29. The molecule has 0 fully saturated rings. The van der Waals surface area contributed by atoms with Crippen molar-refractivity contribution in [3.63, 3.8) is 0 Å². The first-order valence-electron chi connectivity index (χ1n) is 12.7. The normalized spacial score (nSPS) is 11.2. The number of para-hydroxylation sites is 2. The van der Waals surface area contributed by atoms with Crippen molar-refractivity contribution in [1.29, 1.82) is 0 Å². The first kappa shape index (κ1) is 29.2. The number of sulfonamides is 1. The van der Waals surface area contributed by atoms with Crippen LogP contribution in [0.5, 0.6) is 17.2 Å². The average molecular weight is 574 g/mol. The summed E-state index contributed by atoms with van der Waals surface area (Å²) in [7, 11) is -1.22. The van der Waals surface area contributed by atoms with Gasteiger partial charge in [0.15, 0.2) is 0 Å². The van der Waals surface area contributed by atoms with E-state index in [4.69, 9.17) is 14.2 Å². The summed E-state index contributed by atoms with van der Waals surface area (Å²) in [5, 5.41) is 4.01. The SMILES string of the molecule is COc1ccc(S(=O)(=O)N(CC(=O)N/N=C\c2ccc(OCc3ccc(C)cc3)cc2)c2ccccc2OC)cc1. The Hall–Kier alpha value is -4.83. The number of hydrogen-bond donors (Lipinski definition) is 1. The molecule has 0 aliphatic carbocycles. The van der Waals surface area contributed by atoms with Crippen molar-refractivity contribution in [3.8, 4) is 17.2 Å². The van der Waals surface area contributed by atoms with Gasteiger partial charge in [0.25, 0.3) is 15.9 Å².